The number of nitrogens with zero attached hydrogens (tertiary/aromatic N) is 2. The summed E-state index contributed by atoms with van der Waals surface area (Å²) in [6.07, 6.45) is 2.44. The maximum atomic E-state index is 12.3. The van der Waals surface area contributed by atoms with E-state index >= 15 is 0 Å². The standard InChI is InChI=1S/C13H11N3OS2/c17-12-10-5-8-19-11(10)15-13(18)16(12)7-4-9-3-1-2-6-14-9/h1-3,5-6,8H,4,7H2,(H,15,18). The normalized spacial score (nSPS) is 10.9. The number of rotatable bonds is 3. The smallest absolute Gasteiger partial charge is 0.263 e. The van der Waals surface area contributed by atoms with Crippen LogP contribution in [0, 0.1) is 4.77 Å². The number of hydrogen-bond donors (Lipinski definition) is 1. The van der Waals surface area contributed by atoms with Crippen molar-refractivity contribution in [2.75, 3.05) is 0 Å². The van der Waals surface area contributed by atoms with Crippen LogP contribution in [-0.2, 0) is 13.0 Å². The number of aromatic nitrogens is 3. The third-order valence-corrected chi connectivity index (χ3v) is 4.08. The Balaban J connectivity index is 1.97. The molecule has 6 heteroatoms. The lowest BCUT2D eigenvalue weighted by Gasteiger charge is -2.05. The number of aromatic amines is 1. The molecule has 1 N–H and O–H groups in total. The summed E-state index contributed by atoms with van der Waals surface area (Å²) in [7, 11) is 0. The second-order valence-corrected chi connectivity index (χ2v) is 5.42. The highest BCUT2D eigenvalue weighted by Gasteiger charge is 2.06. The average molecular weight is 289 g/mol. The van der Waals surface area contributed by atoms with Crippen molar-refractivity contribution >= 4 is 33.8 Å². The van der Waals surface area contributed by atoms with Crippen LogP contribution in [0.2, 0.25) is 0 Å². The van der Waals surface area contributed by atoms with Crippen molar-refractivity contribution in [2.24, 2.45) is 0 Å². The Morgan fingerprint density at radius 2 is 2.26 bits per heavy atom. The molecule has 4 nitrogen and oxygen atoms in total. The second-order valence-electron chi connectivity index (χ2n) is 4.12. The summed E-state index contributed by atoms with van der Waals surface area (Å²) in [5, 5.41) is 2.58. The largest absolute Gasteiger partial charge is 0.323 e. The van der Waals surface area contributed by atoms with E-state index in [0.717, 1.165) is 10.5 Å². The molecule has 0 spiro atoms. The van der Waals surface area contributed by atoms with Crippen LogP contribution in [0.3, 0.4) is 0 Å². The van der Waals surface area contributed by atoms with Gasteiger partial charge in [0.1, 0.15) is 4.83 Å². The van der Waals surface area contributed by atoms with Crippen molar-refractivity contribution < 1.29 is 0 Å². The first-order valence-electron chi connectivity index (χ1n) is 5.86. The lowest BCUT2D eigenvalue weighted by atomic mass is 10.2. The van der Waals surface area contributed by atoms with E-state index in [-0.39, 0.29) is 5.56 Å². The SMILES string of the molecule is O=c1c2ccsc2[nH]c(=S)n1CCc1ccccn1. The lowest BCUT2D eigenvalue weighted by molar-refractivity contribution is 0.645. The van der Waals surface area contributed by atoms with Crippen molar-refractivity contribution in [3.05, 3.63) is 56.7 Å². The molecular weight excluding hydrogens is 278 g/mol. The predicted molar refractivity (Wildman–Crippen MR) is 79.2 cm³/mol. The number of fused-ring (bicyclic) bond motifs is 1. The molecule has 3 rings (SSSR count). The molecule has 96 valence electrons. The topological polar surface area (TPSA) is 50.7 Å². The van der Waals surface area contributed by atoms with E-state index in [0.29, 0.717) is 23.1 Å². The van der Waals surface area contributed by atoms with Crippen molar-refractivity contribution in [1.82, 2.24) is 14.5 Å². The van der Waals surface area contributed by atoms with E-state index in [2.05, 4.69) is 9.97 Å². The first kappa shape index (κ1) is 12.3. The van der Waals surface area contributed by atoms with Gasteiger partial charge in [0.2, 0.25) is 0 Å². The molecule has 0 bridgehead atoms. The molecule has 3 aromatic heterocycles. The van der Waals surface area contributed by atoms with Crippen LogP contribution < -0.4 is 5.56 Å². The summed E-state index contributed by atoms with van der Waals surface area (Å²) in [4.78, 5) is 20.5. The molecule has 0 aliphatic rings. The third kappa shape index (κ3) is 2.36. The highest BCUT2D eigenvalue weighted by molar-refractivity contribution is 7.71. The summed E-state index contributed by atoms with van der Waals surface area (Å²) >= 11 is 6.73. The molecule has 0 unspecified atom stereocenters. The monoisotopic (exact) mass is 289 g/mol. The van der Waals surface area contributed by atoms with Crippen LogP contribution in [0.25, 0.3) is 10.2 Å². The van der Waals surface area contributed by atoms with Gasteiger partial charge >= 0.3 is 0 Å². The molecule has 0 aliphatic carbocycles. The molecule has 0 amide bonds. The molecule has 19 heavy (non-hydrogen) atoms. The van der Waals surface area contributed by atoms with Crippen molar-refractivity contribution in [3.63, 3.8) is 0 Å². The lowest BCUT2D eigenvalue weighted by Crippen LogP contribution is -2.22. The van der Waals surface area contributed by atoms with Crippen LogP contribution >= 0.6 is 23.6 Å². The first-order valence-corrected chi connectivity index (χ1v) is 7.15. The van der Waals surface area contributed by atoms with Gasteiger partial charge < -0.3 is 4.98 Å². The van der Waals surface area contributed by atoms with Crippen LogP contribution in [0.1, 0.15) is 5.69 Å². The summed E-state index contributed by atoms with van der Waals surface area (Å²) < 4.78 is 2.06. The highest BCUT2D eigenvalue weighted by Crippen LogP contribution is 2.14. The number of H-pyrrole nitrogens is 1. The van der Waals surface area contributed by atoms with Gasteiger partial charge in [-0.1, -0.05) is 6.07 Å². The molecule has 0 saturated carbocycles. The maximum absolute atomic E-state index is 12.3. The summed E-state index contributed by atoms with van der Waals surface area (Å²) in [6.45, 7) is 0.539. The first-order chi connectivity index (χ1) is 9.25. The number of aryl methyl sites for hydroxylation is 1. The van der Waals surface area contributed by atoms with Gasteiger partial charge in [-0.3, -0.25) is 14.3 Å². The fraction of sp³-hybridized carbons (Fsp3) is 0.154. The van der Waals surface area contributed by atoms with Gasteiger partial charge in [0.05, 0.1) is 5.39 Å². The van der Waals surface area contributed by atoms with E-state index in [9.17, 15) is 4.79 Å². The fourth-order valence-corrected chi connectivity index (χ4v) is 3.07. The maximum Gasteiger partial charge on any atom is 0.263 e. The molecular formula is C13H11N3OS2. The van der Waals surface area contributed by atoms with Gasteiger partial charge in [-0.25, -0.2) is 0 Å². The Morgan fingerprint density at radius 1 is 1.37 bits per heavy atom. The number of nitrogens with one attached hydrogen (secondary N) is 1. The van der Waals surface area contributed by atoms with Gasteiger partial charge in [-0.15, -0.1) is 11.3 Å². The Labute approximate surface area is 118 Å². The predicted octanol–water partition coefficient (Wildman–Crippen LogP) is 2.76. The van der Waals surface area contributed by atoms with Crippen LogP contribution in [0.5, 0.6) is 0 Å². The van der Waals surface area contributed by atoms with Gasteiger partial charge in [0.25, 0.3) is 5.56 Å². The van der Waals surface area contributed by atoms with E-state index in [1.807, 2.05) is 29.6 Å². The van der Waals surface area contributed by atoms with Crippen molar-refractivity contribution in [3.8, 4) is 0 Å². The second kappa shape index (κ2) is 5.07. The molecule has 0 aromatic carbocycles. The summed E-state index contributed by atoms with van der Waals surface area (Å²) in [6, 6.07) is 7.58. The number of hydrogen-bond acceptors (Lipinski definition) is 4. The Morgan fingerprint density at radius 3 is 3.05 bits per heavy atom. The quantitative estimate of drug-likeness (QED) is 0.754. The Hall–Kier alpha value is -1.79. The Bertz CT molecular complexity index is 817. The number of thiophene rings is 1. The van der Waals surface area contributed by atoms with E-state index < -0.39 is 0 Å². The minimum absolute atomic E-state index is 0.0315. The van der Waals surface area contributed by atoms with Crippen LogP contribution in [0.15, 0.2) is 40.6 Å². The number of pyridine rings is 1. The molecule has 0 fully saturated rings. The molecule has 0 aliphatic heterocycles. The summed E-state index contributed by atoms with van der Waals surface area (Å²) in [5.41, 5.74) is 0.921. The van der Waals surface area contributed by atoms with Crippen LogP contribution in [-0.4, -0.2) is 14.5 Å². The highest BCUT2D eigenvalue weighted by atomic mass is 32.1. The van der Waals surface area contributed by atoms with Gasteiger partial charge in [0, 0.05) is 24.9 Å². The van der Waals surface area contributed by atoms with Crippen molar-refractivity contribution in [1.29, 1.82) is 0 Å². The minimum Gasteiger partial charge on any atom is -0.323 e. The molecule has 3 aromatic rings. The van der Waals surface area contributed by atoms with E-state index in [4.69, 9.17) is 12.2 Å². The minimum atomic E-state index is -0.0315. The van der Waals surface area contributed by atoms with Gasteiger partial charge in [-0.2, -0.15) is 0 Å². The fourth-order valence-electron chi connectivity index (χ4n) is 1.95. The molecule has 0 saturated heterocycles. The van der Waals surface area contributed by atoms with Gasteiger partial charge in [0.15, 0.2) is 4.77 Å². The molecule has 3 heterocycles. The molecule has 0 atom stereocenters. The zero-order valence-electron chi connectivity index (χ0n) is 10.00. The van der Waals surface area contributed by atoms with Gasteiger partial charge in [-0.05, 0) is 35.8 Å². The van der Waals surface area contributed by atoms with Crippen molar-refractivity contribution in [2.45, 2.75) is 13.0 Å². The third-order valence-electron chi connectivity index (χ3n) is 2.92. The molecule has 0 radical (unpaired) electrons. The van der Waals surface area contributed by atoms with E-state index in [1.165, 1.54) is 11.3 Å². The van der Waals surface area contributed by atoms with E-state index in [1.54, 1.807) is 10.8 Å². The zero-order chi connectivity index (χ0) is 13.2. The zero-order valence-corrected chi connectivity index (χ0v) is 11.6. The average Bonchev–Trinajstić information content (AvgIpc) is 2.88. The Kier molecular flexibility index (Phi) is 3.27. The van der Waals surface area contributed by atoms with Crippen LogP contribution in [0.4, 0.5) is 0 Å². The summed E-state index contributed by atoms with van der Waals surface area (Å²) in [5.74, 6) is 0.